The van der Waals surface area contributed by atoms with Crippen molar-refractivity contribution in [2.75, 3.05) is 32.1 Å². The molecule has 0 saturated carbocycles. The van der Waals surface area contributed by atoms with Crippen LogP contribution in [0.2, 0.25) is 0 Å². The second kappa shape index (κ2) is 7.17. The van der Waals surface area contributed by atoms with Crippen molar-refractivity contribution in [3.63, 3.8) is 0 Å². The minimum atomic E-state index is -3.31. The predicted molar refractivity (Wildman–Crippen MR) is 54.5 cm³/mol. The maximum absolute atomic E-state index is 11.0. The Kier molecular flexibility index (Phi) is 7.08. The minimum Gasteiger partial charge on any atom is -0.395 e. The molecule has 0 aromatic heterocycles. The maximum atomic E-state index is 11.0. The largest absolute Gasteiger partial charge is 0.395 e. The van der Waals surface area contributed by atoms with Crippen LogP contribution in [0.3, 0.4) is 0 Å². The lowest BCUT2D eigenvalue weighted by Gasteiger charge is -2.07. The van der Waals surface area contributed by atoms with E-state index >= 15 is 0 Å². The molecule has 0 aliphatic carbocycles. The van der Waals surface area contributed by atoms with E-state index in [1.165, 1.54) is 0 Å². The van der Waals surface area contributed by atoms with Gasteiger partial charge >= 0.3 is 0 Å². The van der Waals surface area contributed by atoms with Gasteiger partial charge in [-0.25, -0.2) is 13.1 Å². The van der Waals surface area contributed by atoms with Crippen molar-refractivity contribution < 1.29 is 18.3 Å². The third-order valence-electron chi connectivity index (χ3n) is 1.38. The van der Waals surface area contributed by atoms with Gasteiger partial charge in [0.2, 0.25) is 10.0 Å². The summed E-state index contributed by atoms with van der Waals surface area (Å²) in [6.45, 7) is 4.94. The van der Waals surface area contributed by atoms with Gasteiger partial charge < -0.3 is 9.84 Å². The van der Waals surface area contributed by atoms with Gasteiger partial charge in [-0.3, -0.25) is 0 Å². The van der Waals surface area contributed by atoms with Crippen LogP contribution in [0.1, 0.15) is 13.8 Å². The molecule has 0 heterocycles. The molecule has 0 unspecified atom stereocenters. The second-order valence-electron chi connectivity index (χ2n) is 3.41. The van der Waals surface area contributed by atoms with Gasteiger partial charge in [-0.15, -0.1) is 0 Å². The van der Waals surface area contributed by atoms with E-state index in [0.29, 0.717) is 19.1 Å². The molecule has 0 rings (SSSR count). The third kappa shape index (κ3) is 8.43. The van der Waals surface area contributed by atoms with Crippen LogP contribution in [0.5, 0.6) is 0 Å². The van der Waals surface area contributed by atoms with Crippen LogP contribution >= 0.6 is 0 Å². The van der Waals surface area contributed by atoms with Gasteiger partial charge in [0, 0.05) is 13.2 Å². The number of hydrogen-bond donors (Lipinski definition) is 2. The molecule has 14 heavy (non-hydrogen) atoms. The SMILES string of the molecule is CC(C)COCCNS(=O)(=O)CCO. The highest BCUT2D eigenvalue weighted by molar-refractivity contribution is 7.89. The van der Waals surface area contributed by atoms with Crippen molar-refractivity contribution in [3.05, 3.63) is 0 Å². The monoisotopic (exact) mass is 225 g/mol. The van der Waals surface area contributed by atoms with Crippen LogP contribution in [0, 0.1) is 5.92 Å². The molecular weight excluding hydrogens is 206 g/mol. The summed E-state index contributed by atoms with van der Waals surface area (Å²) < 4.78 is 29.5. The van der Waals surface area contributed by atoms with E-state index in [4.69, 9.17) is 9.84 Å². The molecular formula is C8H19NO4S. The lowest BCUT2D eigenvalue weighted by Crippen LogP contribution is -2.31. The summed E-state index contributed by atoms with van der Waals surface area (Å²) in [5.74, 6) is 0.195. The van der Waals surface area contributed by atoms with Gasteiger partial charge in [-0.05, 0) is 5.92 Å². The molecule has 0 aliphatic heterocycles. The highest BCUT2D eigenvalue weighted by atomic mass is 32.2. The first-order valence-electron chi connectivity index (χ1n) is 4.64. The van der Waals surface area contributed by atoms with Crippen molar-refractivity contribution in [1.29, 1.82) is 0 Å². The molecule has 0 aromatic carbocycles. The normalized spacial score (nSPS) is 12.3. The maximum Gasteiger partial charge on any atom is 0.213 e. The molecule has 86 valence electrons. The Hall–Kier alpha value is -0.170. The van der Waals surface area contributed by atoms with Gasteiger partial charge in [0.05, 0.1) is 19.0 Å². The molecule has 5 nitrogen and oxygen atoms in total. The van der Waals surface area contributed by atoms with Crippen molar-refractivity contribution >= 4 is 10.0 Å². The van der Waals surface area contributed by atoms with Gasteiger partial charge in [0.1, 0.15) is 0 Å². The summed E-state index contributed by atoms with van der Waals surface area (Å²) in [7, 11) is -3.31. The average molecular weight is 225 g/mol. The van der Waals surface area contributed by atoms with Gasteiger partial charge in [0.15, 0.2) is 0 Å². The van der Waals surface area contributed by atoms with Crippen LogP contribution in [-0.4, -0.2) is 45.6 Å². The van der Waals surface area contributed by atoms with Gasteiger partial charge in [0.25, 0.3) is 0 Å². The molecule has 0 bridgehead atoms. The highest BCUT2D eigenvalue weighted by Crippen LogP contribution is 1.91. The molecule has 0 amide bonds. The van der Waals surface area contributed by atoms with E-state index in [2.05, 4.69) is 4.72 Å². The van der Waals surface area contributed by atoms with Gasteiger partial charge in [-0.1, -0.05) is 13.8 Å². The summed E-state index contributed by atoms with van der Waals surface area (Å²) in [4.78, 5) is 0. The molecule has 6 heteroatoms. The molecule has 0 spiro atoms. The second-order valence-corrected chi connectivity index (χ2v) is 5.33. The molecule has 0 aromatic rings. The molecule has 2 N–H and O–H groups in total. The first-order valence-corrected chi connectivity index (χ1v) is 6.29. The first-order chi connectivity index (χ1) is 6.48. The number of sulfonamides is 1. The molecule has 0 atom stereocenters. The fourth-order valence-corrected chi connectivity index (χ4v) is 1.56. The zero-order valence-electron chi connectivity index (χ0n) is 8.69. The fourth-order valence-electron chi connectivity index (χ4n) is 0.781. The fraction of sp³-hybridized carbons (Fsp3) is 1.00. The van der Waals surface area contributed by atoms with Crippen LogP contribution in [0.15, 0.2) is 0 Å². The average Bonchev–Trinajstić information content (AvgIpc) is 2.02. The first kappa shape index (κ1) is 13.8. The summed E-state index contributed by atoms with van der Waals surface area (Å²) >= 11 is 0. The number of aliphatic hydroxyl groups is 1. The Morgan fingerprint density at radius 3 is 2.57 bits per heavy atom. The molecule has 0 radical (unpaired) electrons. The molecule has 0 saturated heterocycles. The zero-order valence-corrected chi connectivity index (χ0v) is 9.51. The smallest absolute Gasteiger partial charge is 0.213 e. The minimum absolute atomic E-state index is 0.253. The van der Waals surface area contributed by atoms with Crippen LogP contribution < -0.4 is 4.72 Å². The summed E-state index contributed by atoms with van der Waals surface area (Å²) in [5, 5.41) is 8.43. The highest BCUT2D eigenvalue weighted by Gasteiger charge is 2.07. The standard InChI is InChI=1S/C8H19NO4S/c1-8(2)7-13-5-3-9-14(11,12)6-4-10/h8-10H,3-7H2,1-2H3. The Bertz CT molecular complexity index is 225. The van der Waals surface area contributed by atoms with Crippen molar-refractivity contribution in [3.8, 4) is 0 Å². The summed E-state index contributed by atoms with van der Waals surface area (Å²) in [6.07, 6.45) is 0. The number of nitrogens with one attached hydrogen (secondary N) is 1. The van der Waals surface area contributed by atoms with Crippen LogP contribution in [-0.2, 0) is 14.8 Å². The Balaban J connectivity index is 3.45. The van der Waals surface area contributed by atoms with Crippen molar-refractivity contribution in [1.82, 2.24) is 4.72 Å². The summed E-state index contributed by atoms with van der Waals surface area (Å²) in [5.41, 5.74) is 0. The Morgan fingerprint density at radius 1 is 1.43 bits per heavy atom. The number of ether oxygens (including phenoxy) is 1. The van der Waals surface area contributed by atoms with E-state index in [0.717, 1.165) is 0 Å². The topological polar surface area (TPSA) is 75.6 Å². The lowest BCUT2D eigenvalue weighted by molar-refractivity contribution is 0.114. The Labute approximate surface area is 85.5 Å². The van der Waals surface area contributed by atoms with E-state index < -0.39 is 10.0 Å². The number of rotatable bonds is 8. The van der Waals surface area contributed by atoms with Crippen molar-refractivity contribution in [2.45, 2.75) is 13.8 Å². The van der Waals surface area contributed by atoms with E-state index in [9.17, 15) is 8.42 Å². The Morgan fingerprint density at radius 2 is 2.07 bits per heavy atom. The van der Waals surface area contributed by atoms with Gasteiger partial charge in [-0.2, -0.15) is 0 Å². The number of aliphatic hydroxyl groups excluding tert-OH is 1. The van der Waals surface area contributed by atoms with Crippen LogP contribution in [0.4, 0.5) is 0 Å². The van der Waals surface area contributed by atoms with E-state index in [1.807, 2.05) is 13.8 Å². The van der Waals surface area contributed by atoms with Crippen molar-refractivity contribution in [2.24, 2.45) is 5.92 Å². The number of hydrogen-bond acceptors (Lipinski definition) is 4. The van der Waals surface area contributed by atoms with E-state index in [1.54, 1.807) is 0 Å². The van der Waals surface area contributed by atoms with Crippen LogP contribution in [0.25, 0.3) is 0 Å². The quantitative estimate of drug-likeness (QED) is 0.550. The molecule has 0 fully saturated rings. The predicted octanol–water partition coefficient (Wildman–Crippen LogP) is -0.429. The molecule has 0 aliphatic rings. The third-order valence-corrected chi connectivity index (χ3v) is 2.74. The van der Waals surface area contributed by atoms with E-state index in [-0.39, 0.29) is 18.9 Å². The summed E-state index contributed by atoms with van der Waals surface area (Å²) in [6, 6.07) is 0. The zero-order chi connectivity index (χ0) is 11.0. The lowest BCUT2D eigenvalue weighted by atomic mass is 10.2.